The fraction of sp³-hybridized carbons (Fsp3) is 0.267. The molecule has 0 atom stereocenters. The number of hydrogen-bond acceptors (Lipinski definition) is 5. The lowest BCUT2D eigenvalue weighted by Crippen LogP contribution is -2.04. The van der Waals surface area contributed by atoms with Crippen LogP contribution in [0.3, 0.4) is 0 Å². The lowest BCUT2D eigenvalue weighted by atomic mass is 9.84. The van der Waals surface area contributed by atoms with Crippen molar-refractivity contribution in [3.63, 3.8) is 0 Å². The minimum absolute atomic E-state index is 0.351. The van der Waals surface area contributed by atoms with Gasteiger partial charge in [0, 0.05) is 17.2 Å². The topological polar surface area (TPSA) is 43.7 Å². The Morgan fingerprint density at radius 2 is 1.76 bits per heavy atom. The van der Waals surface area contributed by atoms with Gasteiger partial charge < -0.3 is 9.47 Å². The van der Waals surface area contributed by atoms with Gasteiger partial charge in [-0.05, 0) is 65.8 Å². The summed E-state index contributed by atoms with van der Waals surface area (Å²) in [6.07, 6.45) is 8.48. The SMILES string of the molecule is COc1cc(C=Nc2nc(-c3ccc(C4CCCCC4)cc3)cs2)ccc1OCc1ccc(Cl)c(Cl)c1. The number of nitrogens with zero attached hydrogens (tertiary/aromatic N) is 2. The maximum atomic E-state index is 6.10. The van der Waals surface area contributed by atoms with Crippen molar-refractivity contribution >= 4 is 45.9 Å². The van der Waals surface area contributed by atoms with E-state index in [4.69, 9.17) is 37.7 Å². The highest BCUT2D eigenvalue weighted by molar-refractivity contribution is 7.13. The van der Waals surface area contributed by atoms with Crippen LogP contribution >= 0.6 is 34.5 Å². The summed E-state index contributed by atoms with van der Waals surface area (Å²) in [5.41, 5.74) is 5.35. The molecule has 1 aromatic heterocycles. The van der Waals surface area contributed by atoms with Gasteiger partial charge in [-0.15, -0.1) is 11.3 Å². The molecule has 1 heterocycles. The first kappa shape index (κ1) is 25.8. The third-order valence-electron chi connectivity index (χ3n) is 6.67. The van der Waals surface area contributed by atoms with Gasteiger partial charge in [0.15, 0.2) is 11.5 Å². The summed E-state index contributed by atoms with van der Waals surface area (Å²) < 4.78 is 11.5. The number of rotatable bonds is 8. The zero-order chi connectivity index (χ0) is 25.6. The summed E-state index contributed by atoms with van der Waals surface area (Å²) in [4.78, 5) is 9.31. The Labute approximate surface area is 231 Å². The van der Waals surface area contributed by atoms with Crippen LogP contribution in [0.5, 0.6) is 11.5 Å². The first-order valence-electron chi connectivity index (χ1n) is 12.4. The third kappa shape index (κ3) is 6.53. The standard InChI is InChI=1S/C30H28Cl2N2O2S/c1-35-29-16-20(8-14-28(29)36-18-21-7-13-25(31)26(32)15-21)17-33-30-34-27(19-37-30)24-11-9-23(10-12-24)22-5-3-2-4-6-22/h7-17,19,22H,2-6,18H2,1H3. The minimum Gasteiger partial charge on any atom is -0.493 e. The van der Waals surface area contributed by atoms with Gasteiger partial charge in [0.2, 0.25) is 5.13 Å². The smallest absolute Gasteiger partial charge is 0.209 e. The number of hydrogen-bond donors (Lipinski definition) is 0. The molecule has 1 aliphatic rings. The Hall–Kier alpha value is -2.86. The van der Waals surface area contributed by atoms with Crippen molar-refractivity contribution in [1.29, 1.82) is 0 Å². The predicted octanol–water partition coefficient (Wildman–Crippen LogP) is 9.50. The zero-order valence-corrected chi connectivity index (χ0v) is 23.0. The number of methoxy groups -OCH3 is 1. The van der Waals surface area contributed by atoms with Crippen molar-refractivity contribution in [3.8, 4) is 22.8 Å². The normalized spacial score (nSPS) is 14.2. The van der Waals surface area contributed by atoms with Crippen LogP contribution in [0, 0.1) is 0 Å². The van der Waals surface area contributed by atoms with E-state index in [-0.39, 0.29) is 0 Å². The number of benzene rings is 3. The fourth-order valence-electron chi connectivity index (χ4n) is 4.62. The number of aliphatic imine (C=N–C) groups is 1. The van der Waals surface area contributed by atoms with E-state index in [2.05, 4.69) is 34.6 Å². The van der Waals surface area contributed by atoms with E-state index in [1.54, 1.807) is 25.5 Å². The zero-order valence-electron chi connectivity index (χ0n) is 20.6. The predicted molar refractivity (Wildman–Crippen MR) is 154 cm³/mol. The molecule has 1 fully saturated rings. The molecule has 0 saturated heterocycles. The molecule has 0 N–H and O–H groups in total. The van der Waals surface area contributed by atoms with E-state index in [9.17, 15) is 0 Å². The van der Waals surface area contributed by atoms with E-state index >= 15 is 0 Å². The maximum Gasteiger partial charge on any atom is 0.209 e. The number of halogens is 2. The highest BCUT2D eigenvalue weighted by Gasteiger charge is 2.15. The number of thiazole rings is 1. The van der Waals surface area contributed by atoms with Crippen LogP contribution in [0.1, 0.15) is 54.7 Å². The van der Waals surface area contributed by atoms with Crippen LogP contribution in [0.15, 0.2) is 71.0 Å². The van der Waals surface area contributed by atoms with E-state index in [1.807, 2.05) is 24.3 Å². The van der Waals surface area contributed by atoms with Gasteiger partial charge in [-0.3, -0.25) is 0 Å². The molecule has 0 spiro atoms. The monoisotopic (exact) mass is 550 g/mol. The Kier molecular flexibility index (Phi) is 8.45. The Bertz CT molecular complexity index is 1380. The number of ether oxygens (including phenoxy) is 2. The third-order valence-corrected chi connectivity index (χ3v) is 8.15. The largest absolute Gasteiger partial charge is 0.493 e. The molecule has 4 aromatic rings. The molecule has 1 aliphatic carbocycles. The molecular formula is C30H28Cl2N2O2S. The molecule has 3 aromatic carbocycles. The van der Waals surface area contributed by atoms with E-state index in [0.29, 0.717) is 39.2 Å². The molecule has 190 valence electrons. The van der Waals surface area contributed by atoms with Gasteiger partial charge in [0.25, 0.3) is 0 Å². The second-order valence-corrected chi connectivity index (χ2v) is 10.8. The van der Waals surface area contributed by atoms with Gasteiger partial charge in [-0.2, -0.15) is 0 Å². The maximum absolute atomic E-state index is 6.10. The highest BCUT2D eigenvalue weighted by atomic mass is 35.5. The van der Waals surface area contributed by atoms with Crippen LogP contribution in [0.4, 0.5) is 5.13 Å². The fourth-order valence-corrected chi connectivity index (χ4v) is 5.61. The molecule has 0 radical (unpaired) electrons. The van der Waals surface area contributed by atoms with Crippen LogP contribution < -0.4 is 9.47 Å². The number of aromatic nitrogens is 1. The summed E-state index contributed by atoms with van der Waals surface area (Å²) in [6.45, 7) is 0.351. The summed E-state index contributed by atoms with van der Waals surface area (Å²) >= 11 is 13.6. The van der Waals surface area contributed by atoms with E-state index in [1.165, 1.54) is 49.0 Å². The van der Waals surface area contributed by atoms with Crippen LogP contribution in [0.25, 0.3) is 11.3 Å². The molecule has 0 bridgehead atoms. The molecular weight excluding hydrogens is 523 g/mol. The molecule has 37 heavy (non-hydrogen) atoms. The molecule has 0 amide bonds. The van der Waals surface area contributed by atoms with Crippen molar-refractivity contribution in [1.82, 2.24) is 4.98 Å². The lowest BCUT2D eigenvalue weighted by Gasteiger charge is -2.22. The van der Waals surface area contributed by atoms with Crippen molar-refractivity contribution in [3.05, 3.63) is 92.8 Å². The molecule has 0 unspecified atom stereocenters. The van der Waals surface area contributed by atoms with Crippen LogP contribution in [-0.2, 0) is 6.61 Å². The van der Waals surface area contributed by atoms with Gasteiger partial charge in [-0.1, -0.05) is 72.8 Å². The van der Waals surface area contributed by atoms with Gasteiger partial charge in [0.1, 0.15) is 6.61 Å². The van der Waals surface area contributed by atoms with Crippen molar-refractivity contribution < 1.29 is 9.47 Å². The van der Waals surface area contributed by atoms with Gasteiger partial charge in [0.05, 0.1) is 22.8 Å². The van der Waals surface area contributed by atoms with Crippen LogP contribution in [-0.4, -0.2) is 18.3 Å². The second-order valence-electron chi connectivity index (χ2n) is 9.18. The molecule has 0 aliphatic heterocycles. The quantitative estimate of drug-likeness (QED) is 0.205. The molecule has 7 heteroatoms. The summed E-state index contributed by atoms with van der Waals surface area (Å²) in [6, 6.07) is 20.1. The van der Waals surface area contributed by atoms with Crippen molar-refractivity contribution in [2.24, 2.45) is 4.99 Å². The minimum atomic E-state index is 0.351. The summed E-state index contributed by atoms with van der Waals surface area (Å²) in [5, 5.41) is 3.79. The van der Waals surface area contributed by atoms with E-state index < -0.39 is 0 Å². The lowest BCUT2D eigenvalue weighted by molar-refractivity contribution is 0.284. The highest BCUT2D eigenvalue weighted by Crippen LogP contribution is 2.34. The summed E-state index contributed by atoms with van der Waals surface area (Å²) in [7, 11) is 1.62. The molecule has 4 nitrogen and oxygen atoms in total. The second kappa shape index (κ2) is 12.1. The van der Waals surface area contributed by atoms with Crippen molar-refractivity contribution in [2.45, 2.75) is 44.6 Å². The van der Waals surface area contributed by atoms with E-state index in [0.717, 1.165) is 22.4 Å². The molecule has 1 saturated carbocycles. The van der Waals surface area contributed by atoms with Gasteiger partial charge >= 0.3 is 0 Å². The Morgan fingerprint density at radius 3 is 2.51 bits per heavy atom. The van der Waals surface area contributed by atoms with Gasteiger partial charge in [-0.25, -0.2) is 9.98 Å². The summed E-state index contributed by atoms with van der Waals surface area (Å²) in [5.74, 6) is 1.98. The Balaban J connectivity index is 1.23. The molecule has 5 rings (SSSR count). The first-order chi connectivity index (χ1) is 18.1. The van der Waals surface area contributed by atoms with Crippen LogP contribution in [0.2, 0.25) is 10.0 Å². The average molecular weight is 552 g/mol. The first-order valence-corrected chi connectivity index (χ1v) is 14.1. The Morgan fingerprint density at radius 1 is 0.946 bits per heavy atom. The average Bonchev–Trinajstić information content (AvgIpc) is 3.42. The van der Waals surface area contributed by atoms with Crippen molar-refractivity contribution in [2.75, 3.05) is 7.11 Å².